The minimum Gasteiger partial charge on any atom is -0.300 e. The molecule has 3 unspecified atom stereocenters. The average molecular weight is 549 g/mol. The Morgan fingerprint density at radius 3 is 2.02 bits per heavy atom. The molecule has 3 atom stereocenters. The van der Waals surface area contributed by atoms with Crippen molar-refractivity contribution >= 4 is 17.3 Å². The topological polar surface area (TPSA) is 51.2 Å². The van der Waals surface area contributed by atoms with Gasteiger partial charge in [0.1, 0.15) is 11.6 Å². The summed E-state index contributed by atoms with van der Waals surface area (Å²) >= 11 is 0. The summed E-state index contributed by atoms with van der Waals surface area (Å²) in [7, 11) is 0. The van der Waals surface area contributed by atoms with Crippen molar-refractivity contribution in [3.8, 4) is 0 Å². The number of hydrogen-bond acceptors (Lipinski definition) is 3. The van der Waals surface area contributed by atoms with Gasteiger partial charge in [-0.15, -0.1) is 0 Å². The van der Waals surface area contributed by atoms with Crippen molar-refractivity contribution in [2.45, 2.75) is 126 Å². The maximum Gasteiger partial charge on any atom is 0.163 e. The molecule has 0 aliphatic heterocycles. The second-order valence-electron chi connectivity index (χ2n) is 12.8. The molecule has 3 heteroatoms. The van der Waals surface area contributed by atoms with Crippen molar-refractivity contribution in [2.75, 3.05) is 0 Å². The predicted molar refractivity (Wildman–Crippen MR) is 170 cm³/mol. The molecule has 2 aromatic carbocycles. The second-order valence-corrected chi connectivity index (χ2v) is 12.8. The normalized spacial score (nSPS) is 15.9. The molecule has 222 valence electrons. The fourth-order valence-corrected chi connectivity index (χ4v) is 5.75. The molecule has 0 fully saturated rings. The van der Waals surface area contributed by atoms with E-state index in [9.17, 15) is 14.4 Å². The minimum atomic E-state index is -0.0622. The van der Waals surface area contributed by atoms with Gasteiger partial charge in [-0.25, -0.2) is 0 Å². The van der Waals surface area contributed by atoms with Crippen molar-refractivity contribution in [3.05, 3.63) is 70.3 Å². The molecule has 0 aromatic heterocycles. The van der Waals surface area contributed by atoms with E-state index in [1.165, 1.54) is 24.5 Å². The molecule has 3 nitrogen and oxygen atoms in total. The highest BCUT2D eigenvalue weighted by atomic mass is 16.1. The summed E-state index contributed by atoms with van der Waals surface area (Å²) in [5, 5.41) is 0. The molecule has 40 heavy (non-hydrogen) atoms. The van der Waals surface area contributed by atoms with Gasteiger partial charge in [0.25, 0.3) is 0 Å². The van der Waals surface area contributed by atoms with Crippen LogP contribution >= 0.6 is 0 Å². The zero-order valence-corrected chi connectivity index (χ0v) is 27.2. The number of carbonyl (C=O) groups excluding carboxylic acids is 3. The summed E-state index contributed by atoms with van der Waals surface area (Å²) in [5.41, 5.74) is 6.16. The molecule has 1 aliphatic carbocycles. The van der Waals surface area contributed by atoms with E-state index in [1.54, 1.807) is 0 Å². The van der Waals surface area contributed by atoms with Gasteiger partial charge in [-0.2, -0.15) is 0 Å². The van der Waals surface area contributed by atoms with Crippen molar-refractivity contribution in [3.63, 3.8) is 0 Å². The molecule has 0 amide bonds. The van der Waals surface area contributed by atoms with Crippen LogP contribution < -0.4 is 0 Å². The average Bonchev–Trinajstić information content (AvgIpc) is 2.84. The SMILES string of the molecule is CCC.CCCC(CC1CC(=O)c2c(C)cccc2C1)C(CC)C(=O)CC(C)=O.Cc1ccc(C(C)(C)C)cc1. The van der Waals surface area contributed by atoms with E-state index in [4.69, 9.17) is 0 Å². The van der Waals surface area contributed by atoms with E-state index in [0.717, 1.165) is 48.8 Å². The lowest BCUT2D eigenvalue weighted by molar-refractivity contribution is -0.129. The number of Topliss-reactive ketones (excluding diaryl/α,β-unsaturated/α-hetero) is 3. The van der Waals surface area contributed by atoms with E-state index >= 15 is 0 Å². The van der Waals surface area contributed by atoms with Crippen LogP contribution in [0.1, 0.15) is 133 Å². The Bertz CT molecular complexity index is 1070. The van der Waals surface area contributed by atoms with Gasteiger partial charge in [0.15, 0.2) is 5.78 Å². The smallest absolute Gasteiger partial charge is 0.163 e. The standard InChI is InChI=1S/C23H32O3.C11H16.C3H8/c1-5-8-18(20(6-2)21(25)11-16(4)24)12-17-13-19-10-7-9-15(3)23(19)22(26)14-17;1-9-5-7-10(8-6-9)11(2,3)4;1-3-2/h7,9-10,17-18,20H,5-6,8,11-14H2,1-4H3;5-8H,1-4H3;3H2,1-2H3. The van der Waals surface area contributed by atoms with E-state index in [1.807, 2.05) is 26.0 Å². The molecule has 0 saturated heterocycles. The van der Waals surface area contributed by atoms with Gasteiger partial charge in [0.2, 0.25) is 0 Å². The molecule has 0 heterocycles. The molecule has 0 spiro atoms. The lowest BCUT2D eigenvalue weighted by atomic mass is 9.72. The number of fused-ring (bicyclic) bond motifs is 1. The first-order chi connectivity index (χ1) is 18.8. The van der Waals surface area contributed by atoms with Crippen LogP contribution in [0.4, 0.5) is 0 Å². The largest absolute Gasteiger partial charge is 0.300 e. The fraction of sp³-hybridized carbons (Fsp3) is 0.595. The monoisotopic (exact) mass is 548 g/mol. The van der Waals surface area contributed by atoms with Gasteiger partial charge in [-0.05, 0) is 74.0 Å². The summed E-state index contributed by atoms with van der Waals surface area (Å²) in [6, 6.07) is 14.8. The maximum atomic E-state index is 12.7. The summed E-state index contributed by atoms with van der Waals surface area (Å²) in [6.07, 6.45) is 6.46. The Balaban J connectivity index is 0.000000472. The van der Waals surface area contributed by atoms with Crippen LogP contribution in [0.5, 0.6) is 0 Å². The van der Waals surface area contributed by atoms with Gasteiger partial charge in [0, 0.05) is 17.9 Å². The van der Waals surface area contributed by atoms with Crippen LogP contribution in [0, 0.1) is 31.6 Å². The number of carbonyl (C=O) groups is 3. The minimum absolute atomic E-state index is 0.0460. The van der Waals surface area contributed by atoms with Crippen molar-refractivity contribution in [2.24, 2.45) is 17.8 Å². The first-order valence-electron chi connectivity index (χ1n) is 15.5. The molecule has 0 saturated carbocycles. The van der Waals surface area contributed by atoms with Crippen LogP contribution in [0.2, 0.25) is 0 Å². The van der Waals surface area contributed by atoms with Crippen molar-refractivity contribution in [1.29, 1.82) is 0 Å². The molecule has 1 aliphatic rings. The Labute approximate surface area is 245 Å². The number of benzene rings is 2. The lowest BCUT2D eigenvalue weighted by Crippen LogP contribution is -2.29. The number of ketones is 3. The molecule has 0 bridgehead atoms. The molecule has 0 N–H and O–H groups in total. The van der Waals surface area contributed by atoms with Gasteiger partial charge >= 0.3 is 0 Å². The highest BCUT2D eigenvalue weighted by Gasteiger charge is 2.32. The Morgan fingerprint density at radius 1 is 0.925 bits per heavy atom. The van der Waals surface area contributed by atoms with Gasteiger partial charge < -0.3 is 0 Å². The van der Waals surface area contributed by atoms with E-state index in [0.29, 0.717) is 12.3 Å². The second kappa shape index (κ2) is 17.3. The van der Waals surface area contributed by atoms with Gasteiger partial charge in [-0.1, -0.05) is 116 Å². The first-order valence-corrected chi connectivity index (χ1v) is 15.5. The zero-order chi connectivity index (χ0) is 30.5. The molecular weight excluding hydrogens is 492 g/mol. The zero-order valence-electron chi connectivity index (χ0n) is 27.2. The van der Waals surface area contributed by atoms with Gasteiger partial charge in [0.05, 0.1) is 6.42 Å². The van der Waals surface area contributed by atoms with E-state index < -0.39 is 0 Å². The molecule has 3 rings (SSSR count). The third-order valence-corrected chi connectivity index (χ3v) is 7.68. The van der Waals surface area contributed by atoms with Crippen LogP contribution in [0.15, 0.2) is 42.5 Å². The highest BCUT2D eigenvalue weighted by molar-refractivity contribution is 6.00. The maximum absolute atomic E-state index is 12.7. The fourth-order valence-electron chi connectivity index (χ4n) is 5.75. The number of aryl methyl sites for hydroxylation is 2. The molecular formula is C37H56O3. The molecule has 0 radical (unpaired) electrons. The molecule has 2 aromatic rings. The quantitative estimate of drug-likeness (QED) is 0.293. The third kappa shape index (κ3) is 11.5. The first kappa shape index (κ1) is 35.5. The summed E-state index contributed by atoms with van der Waals surface area (Å²) in [6.45, 7) is 20.7. The Morgan fingerprint density at radius 2 is 1.52 bits per heavy atom. The predicted octanol–water partition coefficient (Wildman–Crippen LogP) is 9.83. The Hall–Kier alpha value is -2.55. The lowest BCUT2D eigenvalue weighted by Gasteiger charge is -2.31. The van der Waals surface area contributed by atoms with Crippen LogP contribution in [-0.2, 0) is 21.4 Å². The number of rotatable bonds is 9. The summed E-state index contributed by atoms with van der Waals surface area (Å²) in [5.74, 6) is 0.770. The van der Waals surface area contributed by atoms with E-state index in [-0.39, 0.29) is 41.0 Å². The van der Waals surface area contributed by atoms with Crippen LogP contribution in [-0.4, -0.2) is 17.3 Å². The van der Waals surface area contributed by atoms with E-state index in [2.05, 4.69) is 78.8 Å². The van der Waals surface area contributed by atoms with Gasteiger partial charge in [-0.3, -0.25) is 14.4 Å². The van der Waals surface area contributed by atoms with Crippen molar-refractivity contribution in [1.82, 2.24) is 0 Å². The Kier molecular flexibility index (Phi) is 15.3. The third-order valence-electron chi connectivity index (χ3n) is 7.68. The number of hydrogen-bond donors (Lipinski definition) is 0. The summed E-state index contributed by atoms with van der Waals surface area (Å²) < 4.78 is 0. The van der Waals surface area contributed by atoms with Crippen molar-refractivity contribution < 1.29 is 14.4 Å². The van der Waals surface area contributed by atoms with Crippen LogP contribution in [0.25, 0.3) is 0 Å². The van der Waals surface area contributed by atoms with Crippen LogP contribution in [0.3, 0.4) is 0 Å². The highest BCUT2D eigenvalue weighted by Crippen LogP contribution is 2.36. The summed E-state index contributed by atoms with van der Waals surface area (Å²) in [4.78, 5) is 36.6.